The van der Waals surface area contributed by atoms with Gasteiger partial charge in [-0.25, -0.2) is 8.42 Å². The van der Waals surface area contributed by atoms with Crippen molar-refractivity contribution in [1.82, 2.24) is 9.55 Å². The molecule has 0 saturated heterocycles. The van der Waals surface area contributed by atoms with Gasteiger partial charge in [-0.3, -0.25) is 0 Å². The van der Waals surface area contributed by atoms with E-state index in [-0.39, 0.29) is 0 Å². The van der Waals surface area contributed by atoms with Crippen LogP contribution in [0.15, 0.2) is 35.4 Å². The summed E-state index contributed by atoms with van der Waals surface area (Å²) >= 11 is 5.17. The van der Waals surface area contributed by atoms with Crippen LogP contribution in [0.3, 0.4) is 0 Å². The molecule has 0 aliphatic rings. The third-order valence-electron chi connectivity index (χ3n) is 2.62. The Hall–Kier alpha value is -1.40. The van der Waals surface area contributed by atoms with Gasteiger partial charge in [0, 0.05) is 24.7 Å². The second-order valence-corrected chi connectivity index (χ2v) is 6.69. The number of hydrogen-bond acceptors (Lipinski definition) is 3. The maximum Gasteiger partial charge on any atom is 0.177 e. The number of aryl methyl sites for hydroxylation is 1. The quantitative estimate of drug-likeness (QED) is 0.879. The highest BCUT2D eigenvalue weighted by molar-refractivity contribution is 7.90. The zero-order valence-electron chi connectivity index (χ0n) is 10.2. The van der Waals surface area contributed by atoms with Crippen LogP contribution in [0.5, 0.6) is 0 Å². The number of nitrogens with one attached hydrogen (secondary N) is 1. The van der Waals surface area contributed by atoms with Crippen LogP contribution in [-0.2, 0) is 16.4 Å². The molecule has 0 aliphatic carbocycles. The summed E-state index contributed by atoms with van der Waals surface area (Å²) < 4.78 is 25.2. The molecule has 18 heavy (non-hydrogen) atoms. The average Bonchev–Trinajstić information content (AvgIpc) is 2.57. The van der Waals surface area contributed by atoms with Gasteiger partial charge in [0.25, 0.3) is 0 Å². The number of aromatic nitrogens is 2. The molecule has 0 atom stereocenters. The maximum atomic E-state index is 11.3. The van der Waals surface area contributed by atoms with E-state index in [9.17, 15) is 8.42 Å². The Morgan fingerprint density at radius 2 is 1.89 bits per heavy atom. The van der Waals surface area contributed by atoms with Crippen molar-refractivity contribution in [2.24, 2.45) is 0 Å². The van der Waals surface area contributed by atoms with Gasteiger partial charge in [-0.1, -0.05) is 12.1 Å². The molecule has 0 spiro atoms. The Balaban J connectivity index is 2.26. The molecule has 1 heterocycles. The van der Waals surface area contributed by atoms with Crippen molar-refractivity contribution < 1.29 is 8.42 Å². The van der Waals surface area contributed by atoms with Gasteiger partial charge in [0.1, 0.15) is 0 Å². The minimum Gasteiger partial charge on any atom is -0.335 e. The molecule has 0 fully saturated rings. The molecule has 2 aromatic rings. The summed E-state index contributed by atoms with van der Waals surface area (Å²) in [5.74, 6) is 0. The maximum absolute atomic E-state index is 11.3. The summed E-state index contributed by atoms with van der Waals surface area (Å²) in [5, 5.41) is 0. The molecule has 2 rings (SSSR count). The first-order chi connectivity index (χ1) is 8.36. The van der Waals surface area contributed by atoms with Crippen LogP contribution in [0, 0.1) is 11.7 Å². The van der Waals surface area contributed by atoms with E-state index in [1.165, 1.54) is 6.26 Å². The molecule has 6 heteroatoms. The molecular formula is C12H14N2O2S2. The van der Waals surface area contributed by atoms with E-state index in [0.717, 1.165) is 11.3 Å². The Bertz CT molecular complexity index is 709. The lowest BCUT2D eigenvalue weighted by atomic mass is 10.2. The molecule has 1 aromatic carbocycles. The zero-order valence-corrected chi connectivity index (χ0v) is 11.8. The van der Waals surface area contributed by atoms with Gasteiger partial charge >= 0.3 is 0 Å². The van der Waals surface area contributed by atoms with Crippen molar-refractivity contribution in [2.45, 2.75) is 18.4 Å². The van der Waals surface area contributed by atoms with Gasteiger partial charge in [-0.2, -0.15) is 0 Å². The van der Waals surface area contributed by atoms with Crippen LogP contribution in [-0.4, -0.2) is 24.2 Å². The van der Waals surface area contributed by atoms with Crippen LogP contribution in [0.25, 0.3) is 0 Å². The van der Waals surface area contributed by atoms with Crippen molar-refractivity contribution in [1.29, 1.82) is 0 Å². The molecule has 0 saturated carbocycles. The number of aromatic amines is 1. The lowest BCUT2D eigenvalue weighted by molar-refractivity contribution is 0.602. The molecule has 1 N–H and O–H groups in total. The van der Waals surface area contributed by atoms with E-state index in [1.54, 1.807) is 24.3 Å². The number of H-pyrrole nitrogens is 1. The van der Waals surface area contributed by atoms with Gasteiger partial charge in [-0.15, -0.1) is 0 Å². The first-order valence-corrected chi connectivity index (χ1v) is 7.71. The average molecular weight is 282 g/mol. The summed E-state index contributed by atoms with van der Waals surface area (Å²) in [6.45, 7) is 2.58. The number of benzene rings is 1. The van der Waals surface area contributed by atoms with Crippen molar-refractivity contribution in [3.05, 3.63) is 46.5 Å². The fraction of sp³-hybridized carbons (Fsp3) is 0.250. The first-order valence-electron chi connectivity index (χ1n) is 5.41. The largest absolute Gasteiger partial charge is 0.335 e. The number of rotatable bonds is 3. The second-order valence-electron chi connectivity index (χ2n) is 4.29. The minimum atomic E-state index is -3.13. The minimum absolute atomic E-state index is 0.333. The number of sulfone groups is 1. The summed E-state index contributed by atoms with van der Waals surface area (Å²) in [7, 11) is -3.13. The normalized spacial score (nSPS) is 11.7. The third kappa shape index (κ3) is 2.88. The highest BCUT2D eigenvalue weighted by Crippen LogP contribution is 2.12. The van der Waals surface area contributed by atoms with Crippen LogP contribution < -0.4 is 0 Å². The van der Waals surface area contributed by atoms with Gasteiger partial charge in [0.05, 0.1) is 4.90 Å². The van der Waals surface area contributed by atoms with Crippen molar-refractivity contribution in [2.75, 3.05) is 6.26 Å². The number of nitrogens with zero attached hydrogens (tertiary/aromatic N) is 1. The summed E-state index contributed by atoms with van der Waals surface area (Å²) in [5.41, 5.74) is 2.02. The van der Waals surface area contributed by atoms with E-state index >= 15 is 0 Å². The van der Waals surface area contributed by atoms with Gasteiger partial charge in [0.15, 0.2) is 14.6 Å². The summed E-state index contributed by atoms with van der Waals surface area (Å²) in [4.78, 5) is 3.38. The molecule has 96 valence electrons. The molecule has 0 aliphatic heterocycles. The van der Waals surface area contributed by atoms with E-state index < -0.39 is 9.84 Å². The predicted molar refractivity (Wildman–Crippen MR) is 73.0 cm³/mol. The number of imidazole rings is 1. The van der Waals surface area contributed by atoms with E-state index in [1.807, 2.05) is 17.7 Å². The first kappa shape index (κ1) is 13.0. The SMILES string of the molecule is Cc1cn(Cc2ccc(S(C)(=O)=O)cc2)c(=S)[nH]1. The van der Waals surface area contributed by atoms with Gasteiger partial charge in [-0.05, 0) is 36.8 Å². The van der Waals surface area contributed by atoms with E-state index in [4.69, 9.17) is 12.2 Å². The lowest BCUT2D eigenvalue weighted by Gasteiger charge is -2.04. The Morgan fingerprint density at radius 3 is 2.33 bits per heavy atom. The van der Waals surface area contributed by atoms with Crippen LogP contribution in [0.1, 0.15) is 11.3 Å². The van der Waals surface area contributed by atoms with E-state index in [2.05, 4.69) is 4.98 Å². The van der Waals surface area contributed by atoms with Crippen LogP contribution in [0.4, 0.5) is 0 Å². The third-order valence-corrected chi connectivity index (χ3v) is 4.08. The Morgan fingerprint density at radius 1 is 1.28 bits per heavy atom. The Labute approximate surface area is 111 Å². The van der Waals surface area contributed by atoms with Crippen molar-refractivity contribution in [3.63, 3.8) is 0 Å². The summed E-state index contributed by atoms with van der Waals surface area (Å²) in [6, 6.07) is 6.85. The van der Waals surface area contributed by atoms with Gasteiger partial charge in [0.2, 0.25) is 0 Å². The highest BCUT2D eigenvalue weighted by Gasteiger charge is 2.06. The summed E-state index contributed by atoms with van der Waals surface area (Å²) in [6.07, 6.45) is 3.14. The second kappa shape index (κ2) is 4.70. The fourth-order valence-corrected chi connectivity index (χ4v) is 2.63. The standard InChI is InChI=1S/C12H14N2O2S2/c1-9-7-14(12(17)13-9)8-10-3-5-11(6-4-10)18(2,15)16/h3-7H,8H2,1-2H3,(H,13,17). The zero-order chi connectivity index (χ0) is 13.3. The molecule has 4 nitrogen and oxygen atoms in total. The smallest absolute Gasteiger partial charge is 0.177 e. The predicted octanol–water partition coefficient (Wildman–Crippen LogP) is 2.31. The van der Waals surface area contributed by atoms with Crippen LogP contribution in [0.2, 0.25) is 0 Å². The van der Waals surface area contributed by atoms with Crippen molar-refractivity contribution in [3.8, 4) is 0 Å². The molecule has 0 bridgehead atoms. The molecule has 0 radical (unpaired) electrons. The molecule has 0 unspecified atom stereocenters. The lowest BCUT2D eigenvalue weighted by Crippen LogP contribution is -2.00. The van der Waals surface area contributed by atoms with Crippen molar-refractivity contribution >= 4 is 22.1 Å². The number of hydrogen-bond donors (Lipinski definition) is 1. The molecule has 1 aromatic heterocycles. The molecule has 0 amide bonds. The Kier molecular flexibility index (Phi) is 3.41. The topological polar surface area (TPSA) is 54.9 Å². The van der Waals surface area contributed by atoms with Crippen LogP contribution >= 0.6 is 12.2 Å². The molecular weight excluding hydrogens is 268 g/mol. The monoisotopic (exact) mass is 282 g/mol. The highest BCUT2D eigenvalue weighted by atomic mass is 32.2. The fourth-order valence-electron chi connectivity index (χ4n) is 1.72. The van der Waals surface area contributed by atoms with E-state index in [0.29, 0.717) is 16.2 Å². The van der Waals surface area contributed by atoms with Gasteiger partial charge < -0.3 is 9.55 Å².